The number of aromatic nitrogens is 1. The van der Waals surface area contributed by atoms with Crippen LogP contribution in [0.4, 0.5) is 10.2 Å². The standard InChI is InChI=1S/C21H29FN6.HI/c1-16-4-5-17(12-19(16)22)13-25-21(23-2)26-15-18-6-7-20(24-14-18)28-10-8-27(3)9-11-28;/h4-7,12,14H,8-11,13,15H2,1-3H3,(H2,23,25,26);1H. The highest BCUT2D eigenvalue weighted by atomic mass is 127. The number of rotatable bonds is 5. The van der Waals surface area contributed by atoms with Crippen molar-refractivity contribution in [2.45, 2.75) is 20.0 Å². The number of piperazine rings is 1. The molecule has 29 heavy (non-hydrogen) atoms. The van der Waals surface area contributed by atoms with E-state index in [1.54, 1.807) is 26.1 Å². The highest BCUT2D eigenvalue weighted by molar-refractivity contribution is 14.0. The molecule has 8 heteroatoms. The summed E-state index contributed by atoms with van der Waals surface area (Å²) in [7, 11) is 3.87. The van der Waals surface area contributed by atoms with E-state index in [1.165, 1.54) is 0 Å². The summed E-state index contributed by atoms with van der Waals surface area (Å²) >= 11 is 0. The van der Waals surface area contributed by atoms with Crippen LogP contribution in [0.5, 0.6) is 0 Å². The van der Waals surface area contributed by atoms with Gasteiger partial charge in [-0.15, -0.1) is 24.0 Å². The van der Waals surface area contributed by atoms with Gasteiger partial charge < -0.3 is 20.4 Å². The normalized spacial score (nSPS) is 15.0. The number of guanidine groups is 1. The lowest BCUT2D eigenvalue weighted by Crippen LogP contribution is -2.44. The van der Waals surface area contributed by atoms with Crippen molar-refractivity contribution in [1.29, 1.82) is 0 Å². The summed E-state index contributed by atoms with van der Waals surface area (Å²) in [6.07, 6.45) is 1.91. The van der Waals surface area contributed by atoms with Crippen molar-refractivity contribution in [3.8, 4) is 0 Å². The number of aryl methyl sites for hydroxylation is 1. The maximum Gasteiger partial charge on any atom is 0.191 e. The fourth-order valence-corrected chi connectivity index (χ4v) is 3.08. The Hall–Kier alpha value is -1.94. The quantitative estimate of drug-likeness (QED) is 0.367. The molecule has 2 aromatic rings. The summed E-state index contributed by atoms with van der Waals surface area (Å²) in [5.41, 5.74) is 2.62. The van der Waals surface area contributed by atoms with Crippen LogP contribution in [0.3, 0.4) is 0 Å². The molecule has 1 fully saturated rings. The second-order valence-electron chi connectivity index (χ2n) is 7.18. The number of benzene rings is 1. The largest absolute Gasteiger partial charge is 0.354 e. The van der Waals surface area contributed by atoms with Crippen molar-refractivity contribution in [3.05, 3.63) is 59.0 Å². The zero-order chi connectivity index (χ0) is 19.9. The van der Waals surface area contributed by atoms with Crippen LogP contribution in [0, 0.1) is 12.7 Å². The first-order valence-corrected chi connectivity index (χ1v) is 9.63. The van der Waals surface area contributed by atoms with Gasteiger partial charge in [0.2, 0.25) is 0 Å². The van der Waals surface area contributed by atoms with E-state index in [1.807, 2.05) is 12.3 Å². The SMILES string of the molecule is CN=C(NCc1ccc(N2CCN(C)CC2)nc1)NCc1ccc(C)c(F)c1.I. The molecule has 0 aliphatic carbocycles. The molecule has 2 heterocycles. The molecule has 158 valence electrons. The van der Waals surface area contributed by atoms with E-state index in [0.717, 1.165) is 43.1 Å². The first-order chi connectivity index (χ1) is 13.5. The number of anilines is 1. The van der Waals surface area contributed by atoms with E-state index >= 15 is 0 Å². The third-order valence-electron chi connectivity index (χ3n) is 5.02. The molecule has 1 aromatic heterocycles. The van der Waals surface area contributed by atoms with Crippen LogP contribution >= 0.6 is 24.0 Å². The van der Waals surface area contributed by atoms with E-state index in [4.69, 9.17) is 0 Å². The molecule has 0 unspecified atom stereocenters. The van der Waals surface area contributed by atoms with Gasteiger partial charge in [-0.2, -0.15) is 0 Å². The van der Waals surface area contributed by atoms with Gasteiger partial charge in [-0.1, -0.05) is 18.2 Å². The molecule has 1 aromatic carbocycles. The molecular formula is C21H30FIN6. The summed E-state index contributed by atoms with van der Waals surface area (Å²) in [4.78, 5) is 13.5. The Bertz CT molecular complexity index is 803. The van der Waals surface area contributed by atoms with Crippen LogP contribution in [-0.4, -0.2) is 56.1 Å². The number of likely N-dealkylation sites (N-methyl/N-ethyl adjacent to an activating group) is 1. The van der Waals surface area contributed by atoms with Gasteiger partial charge in [0, 0.05) is 52.5 Å². The molecule has 0 atom stereocenters. The minimum Gasteiger partial charge on any atom is -0.354 e. The molecule has 1 aliphatic rings. The molecule has 0 saturated carbocycles. The van der Waals surface area contributed by atoms with Gasteiger partial charge in [-0.3, -0.25) is 4.99 Å². The van der Waals surface area contributed by atoms with Crippen molar-refractivity contribution in [1.82, 2.24) is 20.5 Å². The highest BCUT2D eigenvalue weighted by Gasteiger charge is 2.14. The van der Waals surface area contributed by atoms with E-state index in [-0.39, 0.29) is 29.8 Å². The van der Waals surface area contributed by atoms with Gasteiger partial charge in [0.05, 0.1) is 0 Å². The Morgan fingerprint density at radius 3 is 2.31 bits per heavy atom. The summed E-state index contributed by atoms with van der Waals surface area (Å²) < 4.78 is 13.7. The molecule has 0 radical (unpaired) electrons. The van der Waals surface area contributed by atoms with Gasteiger partial charge in [0.25, 0.3) is 0 Å². The van der Waals surface area contributed by atoms with Crippen molar-refractivity contribution in [2.75, 3.05) is 45.2 Å². The number of pyridine rings is 1. The summed E-state index contributed by atoms with van der Waals surface area (Å²) in [6, 6.07) is 9.43. The number of hydrogen-bond acceptors (Lipinski definition) is 4. The van der Waals surface area contributed by atoms with Gasteiger partial charge >= 0.3 is 0 Å². The van der Waals surface area contributed by atoms with Gasteiger partial charge in [0.15, 0.2) is 5.96 Å². The maximum atomic E-state index is 13.7. The first kappa shape index (κ1) is 23.3. The minimum absolute atomic E-state index is 0. The minimum atomic E-state index is -0.186. The number of nitrogens with zero attached hydrogens (tertiary/aromatic N) is 4. The average Bonchev–Trinajstić information content (AvgIpc) is 2.72. The van der Waals surface area contributed by atoms with Crippen LogP contribution in [0.1, 0.15) is 16.7 Å². The molecule has 0 spiro atoms. The third kappa shape index (κ3) is 6.81. The van der Waals surface area contributed by atoms with E-state index in [9.17, 15) is 4.39 Å². The second-order valence-corrected chi connectivity index (χ2v) is 7.18. The van der Waals surface area contributed by atoms with Crippen LogP contribution in [0.2, 0.25) is 0 Å². The van der Waals surface area contributed by atoms with Crippen molar-refractivity contribution < 1.29 is 4.39 Å². The number of halogens is 2. The summed E-state index contributed by atoms with van der Waals surface area (Å²) in [5.74, 6) is 1.51. The van der Waals surface area contributed by atoms with E-state index in [0.29, 0.717) is 24.6 Å². The average molecular weight is 512 g/mol. The summed E-state index contributed by atoms with van der Waals surface area (Å²) in [6.45, 7) is 7.05. The van der Waals surface area contributed by atoms with Crippen LogP contribution in [0.25, 0.3) is 0 Å². The molecule has 0 bridgehead atoms. The smallest absolute Gasteiger partial charge is 0.191 e. The Kier molecular flexibility index (Phi) is 9.09. The number of hydrogen-bond donors (Lipinski definition) is 2. The van der Waals surface area contributed by atoms with Crippen LogP contribution in [0.15, 0.2) is 41.5 Å². The molecule has 1 saturated heterocycles. The van der Waals surface area contributed by atoms with E-state index < -0.39 is 0 Å². The first-order valence-electron chi connectivity index (χ1n) is 9.63. The lowest BCUT2D eigenvalue weighted by atomic mass is 10.1. The monoisotopic (exact) mass is 512 g/mol. The zero-order valence-electron chi connectivity index (χ0n) is 17.3. The number of nitrogens with one attached hydrogen (secondary N) is 2. The lowest BCUT2D eigenvalue weighted by molar-refractivity contribution is 0.312. The zero-order valence-corrected chi connectivity index (χ0v) is 19.6. The molecule has 2 N–H and O–H groups in total. The van der Waals surface area contributed by atoms with Crippen molar-refractivity contribution in [2.24, 2.45) is 4.99 Å². The van der Waals surface area contributed by atoms with Crippen LogP contribution < -0.4 is 15.5 Å². The van der Waals surface area contributed by atoms with Gasteiger partial charge in [0.1, 0.15) is 11.6 Å². The Balaban J connectivity index is 0.00000300. The molecule has 0 amide bonds. The third-order valence-corrected chi connectivity index (χ3v) is 5.02. The predicted octanol–water partition coefficient (Wildman–Crippen LogP) is 2.76. The predicted molar refractivity (Wildman–Crippen MR) is 128 cm³/mol. The fourth-order valence-electron chi connectivity index (χ4n) is 3.08. The fraction of sp³-hybridized carbons (Fsp3) is 0.429. The van der Waals surface area contributed by atoms with Gasteiger partial charge in [-0.25, -0.2) is 9.37 Å². The van der Waals surface area contributed by atoms with Crippen molar-refractivity contribution in [3.63, 3.8) is 0 Å². The highest BCUT2D eigenvalue weighted by Crippen LogP contribution is 2.13. The number of aliphatic imine (C=N–C) groups is 1. The van der Waals surface area contributed by atoms with Gasteiger partial charge in [-0.05, 0) is 42.8 Å². The van der Waals surface area contributed by atoms with Crippen LogP contribution in [-0.2, 0) is 13.1 Å². The second kappa shape index (κ2) is 11.3. The van der Waals surface area contributed by atoms with Crippen molar-refractivity contribution >= 4 is 35.8 Å². The van der Waals surface area contributed by atoms with E-state index in [2.05, 4.69) is 49.6 Å². The molecular weight excluding hydrogens is 482 g/mol. The molecule has 3 rings (SSSR count). The Morgan fingerprint density at radius 1 is 1.07 bits per heavy atom. The Labute approximate surface area is 189 Å². The molecule has 1 aliphatic heterocycles. The summed E-state index contributed by atoms with van der Waals surface area (Å²) in [5, 5.41) is 6.48. The lowest BCUT2D eigenvalue weighted by Gasteiger charge is -2.33. The Morgan fingerprint density at radius 2 is 1.72 bits per heavy atom. The topological polar surface area (TPSA) is 55.8 Å². The molecule has 6 nitrogen and oxygen atoms in total. The maximum absolute atomic E-state index is 13.7.